The first-order chi connectivity index (χ1) is 14.3. The van der Waals surface area contributed by atoms with Crippen molar-refractivity contribution in [3.05, 3.63) is 71.8 Å². The molecule has 146 valence electrons. The fourth-order valence-corrected chi connectivity index (χ4v) is 3.24. The van der Waals surface area contributed by atoms with Crippen molar-refractivity contribution in [3.63, 3.8) is 0 Å². The number of allylic oxidation sites excluding steroid dienone is 1. The Morgan fingerprint density at radius 1 is 1.07 bits per heavy atom. The van der Waals surface area contributed by atoms with E-state index in [1.165, 1.54) is 0 Å². The number of nitrogens with one attached hydrogen (secondary N) is 1. The molecule has 0 saturated heterocycles. The smallest absolute Gasteiger partial charge is 0.180 e. The van der Waals surface area contributed by atoms with E-state index in [1.54, 1.807) is 0 Å². The summed E-state index contributed by atoms with van der Waals surface area (Å²) in [7, 11) is 0. The minimum atomic E-state index is 0.520. The van der Waals surface area contributed by atoms with Crippen LogP contribution in [0.15, 0.2) is 54.6 Å². The second kappa shape index (κ2) is 8.83. The average Bonchev–Trinajstić information content (AvgIpc) is 3.43. The monoisotopic (exact) mass is 403 g/mol. The number of H-pyrrole nitrogens is 1. The molecule has 2 aromatic heterocycles. The van der Waals surface area contributed by atoms with Gasteiger partial charge in [-0.15, -0.1) is 5.10 Å². The van der Waals surface area contributed by atoms with Gasteiger partial charge in [-0.25, -0.2) is 14.8 Å². The Bertz CT molecular complexity index is 1100. The summed E-state index contributed by atoms with van der Waals surface area (Å²) in [6, 6.07) is 16.5. The van der Waals surface area contributed by atoms with Gasteiger partial charge in [0, 0.05) is 5.56 Å². The SMILES string of the molecule is CCC=Cc1nc(CS)nn1Cc1ccc(-c2ccccc2-c2nnn[nH]2)cc1. The number of tetrazole rings is 1. The molecule has 2 heterocycles. The number of aromatic nitrogens is 7. The van der Waals surface area contributed by atoms with Crippen molar-refractivity contribution < 1.29 is 0 Å². The summed E-state index contributed by atoms with van der Waals surface area (Å²) in [4.78, 5) is 4.53. The van der Waals surface area contributed by atoms with Gasteiger partial charge in [0.2, 0.25) is 0 Å². The zero-order valence-corrected chi connectivity index (χ0v) is 16.9. The van der Waals surface area contributed by atoms with Crippen molar-refractivity contribution in [1.29, 1.82) is 0 Å². The first kappa shape index (κ1) is 19.1. The third-order valence-electron chi connectivity index (χ3n) is 4.51. The fourth-order valence-electron chi connectivity index (χ4n) is 3.11. The second-order valence-corrected chi connectivity index (χ2v) is 6.82. The molecule has 0 saturated carbocycles. The number of benzene rings is 2. The lowest BCUT2D eigenvalue weighted by molar-refractivity contribution is 0.671. The van der Waals surface area contributed by atoms with Gasteiger partial charge in [0.25, 0.3) is 0 Å². The molecule has 2 aromatic carbocycles. The lowest BCUT2D eigenvalue weighted by atomic mass is 9.98. The average molecular weight is 404 g/mol. The number of aromatic amines is 1. The van der Waals surface area contributed by atoms with Crippen LogP contribution >= 0.6 is 12.6 Å². The van der Waals surface area contributed by atoms with Crippen LogP contribution < -0.4 is 0 Å². The van der Waals surface area contributed by atoms with Crippen molar-refractivity contribution >= 4 is 18.7 Å². The van der Waals surface area contributed by atoms with Gasteiger partial charge in [-0.3, -0.25) is 0 Å². The highest BCUT2D eigenvalue weighted by atomic mass is 32.1. The second-order valence-electron chi connectivity index (χ2n) is 6.50. The van der Waals surface area contributed by atoms with Crippen LogP contribution in [0.4, 0.5) is 0 Å². The van der Waals surface area contributed by atoms with Gasteiger partial charge in [-0.05, 0) is 39.6 Å². The van der Waals surface area contributed by atoms with Gasteiger partial charge in [0.15, 0.2) is 17.5 Å². The molecule has 0 fully saturated rings. The predicted molar refractivity (Wildman–Crippen MR) is 116 cm³/mol. The maximum atomic E-state index is 4.56. The van der Waals surface area contributed by atoms with Crippen LogP contribution in [0.1, 0.15) is 30.6 Å². The number of hydrogen-bond acceptors (Lipinski definition) is 6. The molecule has 0 unspecified atom stereocenters. The van der Waals surface area contributed by atoms with Gasteiger partial charge in [-0.1, -0.05) is 61.5 Å². The Balaban J connectivity index is 1.60. The van der Waals surface area contributed by atoms with E-state index < -0.39 is 0 Å². The molecule has 8 heteroatoms. The van der Waals surface area contributed by atoms with Gasteiger partial charge >= 0.3 is 0 Å². The standard InChI is InChI=1S/C21H21N7S/c1-2-3-8-20-22-19(14-29)25-28(20)13-15-9-11-16(12-10-15)17-6-4-5-7-18(17)21-23-26-27-24-21/h3-12,29H,2,13-14H2,1H3,(H,23,24,26,27). The van der Waals surface area contributed by atoms with Gasteiger partial charge in [-0.2, -0.15) is 17.7 Å². The molecule has 0 aliphatic heterocycles. The van der Waals surface area contributed by atoms with E-state index in [1.807, 2.05) is 29.0 Å². The fraction of sp³-hybridized carbons (Fsp3) is 0.190. The normalized spacial score (nSPS) is 11.4. The van der Waals surface area contributed by atoms with Crippen molar-refractivity contribution in [2.24, 2.45) is 0 Å². The van der Waals surface area contributed by atoms with Crippen LogP contribution in [0.3, 0.4) is 0 Å². The van der Waals surface area contributed by atoms with Crippen LogP contribution in [0, 0.1) is 0 Å². The molecular weight excluding hydrogens is 382 g/mol. The maximum absolute atomic E-state index is 4.56. The Hall–Kier alpha value is -3.26. The van der Waals surface area contributed by atoms with Gasteiger partial charge in [0.05, 0.1) is 12.3 Å². The lowest BCUT2D eigenvalue weighted by Gasteiger charge is -2.09. The third-order valence-corrected chi connectivity index (χ3v) is 4.80. The summed E-state index contributed by atoms with van der Waals surface area (Å²) < 4.78 is 1.92. The highest BCUT2D eigenvalue weighted by Crippen LogP contribution is 2.29. The zero-order valence-electron chi connectivity index (χ0n) is 16.0. The van der Waals surface area contributed by atoms with Crippen molar-refractivity contribution in [3.8, 4) is 22.5 Å². The summed E-state index contributed by atoms with van der Waals surface area (Å²) in [5, 5.41) is 18.8. The van der Waals surface area contributed by atoms with E-state index in [0.717, 1.165) is 40.3 Å². The topological polar surface area (TPSA) is 85.2 Å². The summed E-state index contributed by atoms with van der Waals surface area (Å²) in [5.74, 6) is 2.75. The largest absolute Gasteiger partial charge is 0.242 e. The van der Waals surface area contributed by atoms with E-state index in [9.17, 15) is 0 Å². The van der Waals surface area contributed by atoms with Gasteiger partial charge < -0.3 is 0 Å². The number of hydrogen-bond donors (Lipinski definition) is 2. The van der Waals surface area contributed by atoms with Crippen LogP contribution in [0.25, 0.3) is 28.6 Å². The Kier molecular flexibility index (Phi) is 5.81. The van der Waals surface area contributed by atoms with Crippen molar-refractivity contribution in [2.45, 2.75) is 25.6 Å². The summed E-state index contributed by atoms with van der Waals surface area (Å²) >= 11 is 4.30. The molecule has 0 radical (unpaired) electrons. The summed E-state index contributed by atoms with van der Waals surface area (Å²) in [5.41, 5.74) is 4.28. The molecule has 0 aliphatic carbocycles. The van der Waals surface area contributed by atoms with E-state index in [2.05, 4.69) is 86.7 Å². The first-order valence-corrected chi connectivity index (χ1v) is 10.0. The Morgan fingerprint density at radius 3 is 2.55 bits per heavy atom. The van der Waals surface area contributed by atoms with Crippen molar-refractivity contribution in [2.75, 3.05) is 0 Å². The molecule has 0 bridgehead atoms. The number of rotatable bonds is 7. The maximum Gasteiger partial charge on any atom is 0.180 e. The molecule has 0 spiro atoms. The zero-order chi connectivity index (χ0) is 20.1. The molecule has 1 N–H and O–H groups in total. The van der Waals surface area contributed by atoms with Crippen LogP contribution in [-0.2, 0) is 12.3 Å². The van der Waals surface area contributed by atoms with Crippen LogP contribution in [0.5, 0.6) is 0 Å². The number of nitrogens with zero attached hydrogens (tertiary/aromatic N) is 6. The summed E-state index contributed by atoms with van der Waals surface area (Å²) in [6.45, 7) is 2.75. The highest BCUT2D eigenvalue weighted by Gasteiger charge is 2.11. The van der Waals surface area contributed by atoms with Crippen LogP contribution in [0.2, 0.25) is 0 Å². The molecule has 4 rings (SSSR count). The van der Waals surface area contributed by atoms with E-state index in [-0.39, 0.29) is 0 Å². The Morgan fingerprint density at radius 2 is 1.86 bits per heavy atom. The van der Waals surface area contributed by atoms with Crippen molar-refractivity contribution in [1.82, 2.24) is 35.4 Å². The molecule has 0 aliphatic rings. The van der Waals surface area contributed by atoms with E-state index in [0.29, 0.717) is 18.1 Å². The number of thiol groups is 1. The quantitative estimate of drug-likeness (QED) is 0.455. The summed E-state index contributed by atoms with van der Waals surface area (Å²) in [6.07, 6.45) is 5.05. The molecule has 0 atom stereocenters. The highest BCUT2D eigenvalue weighted by molar-refractivity contribution is 7.79. The minimum absolute atomic E-state index is 0.520. The van der Waals surface area contributed by atoms with E-state index >= 15 is 0 Å². The third kappa shape index (κ3) is 4.27. The van der Waals surface area contributed by atoms with Crippen LogP contribution in [-0.4, -0.2) is 35.4 Å². The molecule has 0 amide bonds. The lowest BCUT2D eigenvalue weighted by Crippen LogP contribution is -2.04. The Labute approximate surface area is 174 Å². The first-order valence-electron chi connectivity index (χ1n) is 9.42. The molecule has 29 heavy (non-hydrogen) atoms. The molecule has 4 aromatic rings. The molecule has 7 nitrogen and oxygen atoms in total. The van der Waals surface area contributed by atoms with Gasteiger partial charge in [0.1, 0.15) is 0 Å². The van der Waals surface area contributed by atoms with E-state index in [4.69, 9.17) is 0 Å². The minimum Gasteiger partial charge on any atom is -0.242 e. The predicted octanol–water partition coefficient (Wildman–Crippen LogP) is 4.03. The molecular formula is C21H21N7S.